The Morgan fingerprint density at radius 3 is 3.00 bits per heavy atom. The predicted octanol–water partition coefficient (Wildman–Crippen LogP) is -0.458. The Hall–Kier alpha value is -1.63. The molecular formula is C8H10N4O2. The second kappa shape index (κ2) is 3.26. The van der Waals surface area contributed by atoms with E-state index >= 15 is 0 Å². The maximum Gasteiger partial charge on any atom is 0.417 e. The molecule has 1 aromatic heterocycles. The van der Waals surface area contributed by atoms with Gasteiger partial charge in [-0.25, -0.2) is 10.2 Å². The van der Waals surface area contributed by atoms with Crippen LogP contribution in [0.15, 0.2) is 27.4 Å². The van der Waals surface area contributed by atoms with Crippen molar-refractivity contribution < 1.29 is 4.42 Å². The molecule has 0 aliphatic carbocycles. The highest BCUT2D eigenvalue weighted by molar-refractivity contribution is 5.72. The van der Waals surface area contributed by atoms with Gasteiger partial charge in [-0.3, -0.25) is 10.8 Å². The molecule has 0 saturated carbocycles. The first-order valence-electron chi connectivity index (χ1n) is 4.05. The standard InChI is InChI=1S/C8H10N4O2/c9-7(12-10)4-1-2-6-5(3-4)11-8(13)14-6/h1-3,7,12H,9-10H2,(H,11,13). The van der Waals surface area contributed by atoms with Gasteiger partial charge in [0, 0.05) is 0 Å². The first kappa shape index (κ1) is 8.95. The van der Waals surface area contributed by atoms with Crippen molar-refractivity contribution >= 4 is 11.1 Å². The van der Waals surface area contributed by atoms with Crippen molar-refractivity contribution in [3.05, 3.63) is 34.3 Å². The Bertz CT molecular complexity index is 501. The van der Waals surface area contributed by atoms with Gasteiger partial charge >= 0.3 is 5.76 Å². The van der Waals surface area contributed by atoms with Crippen molar-refractivity contribution in [3.8, 4) is 0 Å². The third-order valence-electron chi connectivity index (χ3n) is 1.98. The van der Waals surface area contributed by atoms with Crippen LogP contribution in [0, 0.1) is 0 Å². The summed E-state index contributed by atoms with van der Waals surface area (Å²) in [4.78, 5) is 13.4. The summed E-state index contributed by atoms with van der Waals surface area (Å²) in [5.74, 6) is 4.70. The molecule has 1 heterocycles. The van der Waals surface area contributed by atoms with Crippen LogP contribution in [0.1, 0.15) is 11.7 Å². The molecule has 0 amide bonds. The number of oxazole rings is 1. The number of nitrogens with one attached hydrogen (secondary N) is 2. The van der Waals surface area contributed by atoms with Crippen LogP contribution in [0.2, 0.25) is 0 Å². The molecule has 1 aromatic carbocycles. The minimum Gasteiger partial charge on any atom is -0.408 e. The van der Waals surface area contributed by atoms with Crippen LogP contribution in [0.3, 0.4) is 0 Å². The zero-order valence-electron chi connectivity index (χ0n) is 7.28. The normalized spacial score (nSPS) is 13.3. The third kappa shape index (κ3) is 1.41. The number of nitrogens with two attached hydrogens (primary N) is 2. The quantitative estimate of drug-likeness (QED) is 0.294. The van der Waals surface area contributed by atoms with E-state index in [1.165, 1.54) is 0 Å². The lowest BCUT2D eigenvalue weighted by molar-refractivity contribution is 0.554. The highest BCUT2D eigenvalue weighted by atomic mass is 16.4. The minimum absolute atomic E-state index is 0.460. The monoisotopic (exact) mass is 194 g/mol. The zero-order valence-corrected chi connectivity index (χ0v) is 7.28. The fourth-order valence-corrected chi connectivity index (χ4v) is 1.26. The van der Waals surface area contributed by atoms with Crippen molar-refractivity contribution in [1.29, 1.82) is 0 Å². The molecule has 6 nitrogen and oxygen atoms in total. The van der Waals surface area contributed by atoms with Gasteiger partial charge in [-0.2, -0.15) is 0 Å². The Kier molecular flexibility index (Phi) is 2.08. The predicted molar refractivity (Wildman–Crippen MR) is 51.1 cm³/mol. The van der Waals surface area contributed by atoms with Crippen molar-refractivity contribution in [2.24, 2.45) is 11.6 Å². The van der Waals surface area contributed by atoms with E-state index in [4.69, 9.17) is 16.0 Å². The van der Waals surface area contributed by atoms with Gasteiger partial charge in [0.25, 0.3) is 0 Å². The smallest absolute Gasteiger partial charge is 0.408 e. The van der Waals surface area contributed by atoms with Crippen LogP contribution in [-0.4, -0.2) is 4.98 Å². The van der Waals surface area contributed by atoms with Crippen LogP contribution < -0.4 is 22.8 Å². The van der Waals surface area contributed by atoms with Gasteiger partial charge in [0.05, 0.1) is 11.7 Å². The minimum atomic E-state index is -0.480. The van der Waals surface area contributed by atoms with Crippen LogP contribution in [0.25, 0.3) is 11.1 Å². The summed E-state index contributed by atoms with van der Waals surface area (Å²) in [6, 6.07) is 5.12. The van der Waals surface area contributed by atoms with Gasteiger partial charge in [0.1, 0.15) is 0 Å². The molecule has 2 aromatic rings. The fourth-order valence-electron chi connectivity index (χ4n) is 1.26. The van der Waals surface area contributed by atoms with Gasteiger partial charge in [-0.05, 0) is 17.7 Å². The Morgan fingerprint density at radius 2 is 2.29 bits per heavy atom. The maximum atomic E-state index is 10.8. The second-order valence-corrected chi connectivity index (χ2v) is 2.91. The number of H-pyrrole nitrogens is 1. The van der Waals surface area contributed by atoms with Gasteiger partial charge in [0.15, 0.2) is 5.58 Å². The number of hydrogen-bond donors (Lipinski definition) is 4. The molecule has 0 bridgehead atoms. The van der Waals surface area contributed by atoms with E-state index in [-0.39, 0.29) is 0 Å². The first-order chi connectivity index (χ1) is 6.70. The van der Waals surface area contributed by atoms with Crippen LogP contribution >= 0.6 is 0 Å². The lowest BCUT2D eigenvalue weighted by Gasteiger charge is -2.09. The summed E-state index contributed by atoms with van der Waals surface area (Å²) in [5, 5.41) is 0. The molecule has 1 atom stereocenters. The average molecular weight is 194 g/mol. The summed E-state index contributed by atoms with van der Waals surface area (Å²) in [5.41, 5.74) is 9.93. The SMILES string of the molecule is NNC(N)c1ccc2oc(=O)[nH]c2c1. The summed E-state index contributed by atoms with van der Waals surface area (Å²) >= 11 is 0. The van der Waals surface area contributed by atoms with E-state index in [2.05, 4.69) is 10.4 Å². The van der Waals surface area contributed by atoms with E-state index < -0.39 is 11.9 Å². The number of benzene rings is 1. The van der Waals surface area contributed by atoms with Gasteiger partial charge in [-0.15, -0.1) is 0 Å². The number of rotatable bonds is 2. The molecule has 1 unspecified atom stereocenters. The number of aromatic nitrogens is 1. The summed E-state index contributed by atoms with van der Waals surface area (Å²) < 4.78 is 4.83. The van der Waals surface area contributed by atoms with E-state index in [0.29, 0.717) is 11.1 Å². The number of aromatic amines is 1. The molecule has 0 aliphatic rings. The molecule has 0 fully saturated rings. The lowest BCUT2D eigenvalue weighted by Crippen LogP contribution is -2.33. The molecule has 14 heavy (non-hydrogen) atoms. The van der Waals surface area contributed by atoms with Crippen molar-refractivity contribution in [3.63, 3.8) is 0 Å². The fraction of sp³-hybridized carbons (Fsp3) is 0.125. The Morgan fingerprint density at radius 1 is 1.50 bits per heavy atom. The summed E-state index contributed by atoms with van der Waals surface area (Å²) in [6.45, 7) is 0. The number of hydrogen-bond acceptors (Lipinski definition) is 5. The molecule has 2 rings (SSSR count). The zero-order chi connectivity index (χ0) is 10.1. The average Bonchev–Trinajstić information content (AvgIpc) is 2.55. The van der Waals surface area contributed by atoms with Crippen molar-refractivity contribution in [1.82, 2.24) is 10.4 Å². The van der Waals surface area contributed by atoms with Crippen LogP contribution in [0.5, 0.6) is 0 Å². The van der Waals surface area contributed by atoms with Crippen molar-refractivity contribution in [2.45, 2.75) is 6.17 Å². The first-order valence-corrected chi connectivity index (χ1v) is 4.05. The molecule has 6 N–H and O–H groups in total. The van der Waals surface area contributed by atoms with E-state index in [9.17, 15) is 4.79 Å². The molecule has 74 valence electrons. The number of hydrazine groups is 1. The van der Waals surface area contributed by atoms with Gasteiger partial charge < -0.3 is 10.2 Å². The molecule has 0 saturated heterocycles. The van der Waals surface area contributed by atoms with Gasteiger partial charge in [-0.1, -0.05) is 6.07 Å². The molecule has 0 aliphatic heterocycles. The summed E-state index contributed by atoms with van der Waals surface area (Å²) in [7, 11) is 0. The second-order valence-electron chi connectivity index (χ2n) is 2.91. The molecule has 0 spiro atoms. The largest absolute Gasteiger partial charge is 0.417 e. The maximum absolute atomic E-state index is 10.8. The Labute approximate surface area is 78.9 Å². The van der Waals surface area contributed by atoms with Crippen molar-refractivity contribution in [2.75, 3.05) is 0 Å². The molecular weight excluding hydrogens is 184 g/mol. The summed E-state index contributed by atoms with van der Waals surface area (Å²) in [6.07, 6.45) is -0.460. The number of fused-ring (bicyclic) bond motifs is 1. The lowest BCUT2D eigenvalue weighted by atomic mass is 10.1. The third-order valence-corrected chi connectivity index (χ3v) is 1.98. The molecule has 6 heteroatoms. The Balaban J connectivity index is 2.55. The van der Waals surface area contributed by atoms with Crippen LogP contribution in [0.4, 0.5) is 0 Å². The highest BCUT2D eigenvalue weighted by Gasteiger charge is 2.06. The highest BCUT2D eigenvalue weighted by Crippen LogP contribution is 2.14. The van der Waals surface area contributed by atoms with Crippen LogP contribution in [-0.2, 0) is 0 Å². The van der Waals surface area contributed by atoms with Gasteiger partial charge in [0.2, 0.25) is 0 Å². The van der Waals surface area contributed by atoms with E-state index in [1.54, 1.807) is 18.2 Å². The van der Waals surface area contributed by atoms with E-state index in [0.717, 1.165) is 5.56 Å². The van der Waals surface area contributed by atoms with E-state index in [1.807, 2.05) is 0 Å². The molecule has 0 radical (unpaired) electrons. The topological polar surface area (TPSA) is 110 Å².